The van der Waals surface area contributed by atoms with Gasteiger partial charge in [-0.15, -0.1) is 0 Å². The highest BCUT2D eigenvalue weighted by atomic mass is 35.5. The smallest absolute Gasteiger partial charge is 0.255 e. The first kappa shape index (κ1) is 19.0. The molecule has 1 amide bonds. The maximum atomic E-state index is 12.3. The minimum Gasteiger partial charge on any atom is -0.491 e. The molecule has 1 aromatic carbocycles. The van der Waals surface area contributed by atoms with E-state index in [0.29, 0.717) is 30.4 Å². The van der Waals surface area contributed by atoms with E-state index < -0.39 is 15.9 Å². The summed E-state index contributed by atoms with van der Waals surface area (Å²) < 4.78 is 31.1. The van der Waals surface area contributed by atoms with Crippen LogP contribution in [-0.4, -0.2) is 57.2 Å². The summed E-state index contributed by atoms with van der Waals surface area (Å²) in [5.41, 5.74) is 5.66. The predicted octanol–water partition coefficient (Wildman–Crippen LogP) is 0.833. The van der Waals surface area contributed by atoms with E-state index in [2.05, 4.69) is 5.32 Å². The van der Waals surface area contributed by atoms with Gasteiger partial charge in [0.1, 0.15) is 12.4 Å². The van der Waals surface area contributed by atoms with Crippen LogP contribution in [0.4, 0.5) is 0 Å². The SMILES string of the molecule is NCCOc1ccc(Cl)cc1C(=O)NCCS(=O)(=O)N1CCCC1. The molecule has 3 N–H and O–H groups in total. The number of benzene rings is 1. The minimum atomic E-state index is -3.33. The molecule has 1 aromatic rings. The normalized spacial score (nSPS) is 15.4. The fourth-order valence-electron chi connectivity index (χ4n) is 2.46. The lowest BCUT2D eigenvalue weighted by molar-refractivity contribution is 0.0952. The number of amides is 1. The summed E-state index contributed by atoms with van der Waals surface area (Å²) in [5.74, 6) is -0.191. The Hall–Kier alpha value is -1.35. The summed E-state index contributed by atoms with van der Waals surface area (Å²) >= 11 is 5.92. The Morgan fingerprint density at radius 3 is 2.71 bits per heavy atom. The lowest BCUT2D eigenvalue weighted by Crippen LogP contribution is -2.36. The summed E-state index contributed by atoms with van der Waals surface area (Å²) in [6.45, 7) is 1.73. The molecule has 0 unspecified atom stereocenters. The van der Waals surface area contributed by atoms with Crippen LogP contribution in [0.1, 0.15) is 23.2 Å². The van der Waals surface area contributed by atoms with Crippen LogP contribution < -0.4 is 15.8 Å². The topological polar surface area (TPSA) is 102 Å². The Morgan fingerprint density at radius 1 is 1.33 bits per heavy atom. The molecule has 0 aliphatic carbocycles. The number of rotatable bonds is 8. The first-order valence-electron chi connectivity index (χ1n) is 7.82. The molecule has 1 fully saturated rings. The molecule has 1 aliphatic rings. The van der Waals surface area contributed by atoms with Crippen molar-refractivity contribution in [2.24, 2.45) is 5.73 Å². The van der Waals surface area contributed by atoms with Gasteiger partial charge < -0.3 is 15.8 Å². The van der Waals surface area contributed by atoms with Crippen LogP contribution in [0, 0.1) is 0 Å². The van der Waals surface area contributed by atoms with E-state index in [-0.39, 0.29) is 24.5 Å². The van der Waals surface area contributed by atoms with Crippen molar-refractivity contribution in [2.45, 2.75) is 12.8 Å². The molecule has 1 aliphatic heterocycles. The molecular formula is C15H22ClN3O4S. The quantitative estimate of drug-likeness (QED) is 0.700. The zero-order chi connectivity index (χ0) is 17.6. The largest absolute Gasteiger partial charge is 0.491 e. The number of nitrogens with two attached hydrogens (primary N) is 1. The Kier molecular flexibility index (Phi) is 6.85. The van der Waals surface area contributed by atoms with Crippen LogP contribution in [0.25, 0.3) is 0 Å². The monoisotopic (exact) mass is 375 g/mol. The van der Waals surface area contributed by atoms with Crippen molar-refractivity contribution >= 4 is 27.5 Å². The van der Waals surface area contributed by atoms with Crippen LogP contribution >= 0.6 is 11.6 Å². The first-order valence-corrected chi connectivity index (χ1v) is 9.81. The minimum absolute atomic E-state index is 0.0283. The van der Waals surface area contributed by atoms with Crippen LogP contribution in [0.2, 0.25) is 5.02 Å². The van der Waals surface area contributed by atoms with Gasteiger partial charge in [0.2, 0.25) is 10.0 Å². The highest BCUT2D eigenvalue weighted by molar-refractivity contribution is 7.89. The molecule has 0 bridgehead atoms. The standard InChI is InChI=1S/C15H22ClN3O4S/c16-12-3-4-14(23-9-5-17)13(11-12)15(20)18-6-10-24(21,22)19-7-1-2-8-19/h3-4,11H,1-2,5-10,17H2,(H,18,20). The number of nitrogens with one attached hydrogen (secondary N) is 1. The maximum Gasteiger partial charge on any atom is 0.255 e. The maximum absolute atomic E-state index is 12.3. The number of halogens is 1. The molecule has 1 heterocycles. The third-order valence-corrected chi connectivity index (χ3v) is 5.77. The average molecular weight is 376 g/mol. The van der Waals surface area contributed by atoms with Crippen molar-refractivity contribution in [3.05, 3.63) is 28.8 Å². The third kappa shape index (κ3) is 5.07. The lowest BCUT2D eigenvalue weighted by Gasteiger charge is -2.16. The van der Waals surface area contributed by atoms with Gasteiger partial charge in [0, 0.05) is 31.2 Å². The van der Waals surface area contributed by atoms with E-state index in [9.17, 15) is 13.2 Å². The second-order valence-corrected chi connectivity index (χ2v) is 7.98. The van der Waals surface area contributed by atoms with Gasteiger partial charge in [0.05, 0.1) is 11.3 Å². The zero-order valence-corrected chi connectivity index (χ0v) is 14.9. The van der Waals surface area contributed by atoms with Crippen molar-refractivity contribution in [1.29, 1.82) is 0 Å². The molecule has 0 saturated carbocycles. The van der Waals surface area contributed by atoms with Crippen molar-refractivity contribution in [3.63, 3.8) is 0 Å². The van der Waals surface area contributed by atoms with Crippen LogP contribution in [0.3, 0.4) is 0 Å². The molecular weight excluding hydrogens is 354 g/mol. The summed E-state index contributed by atoms with van der Waals surface area (Å²) in [6.07, 6.45) is 1.77. The molecule has 7 nitrogen and oxygen atoms in total. The van der Waals surface area contributed by atoms with E-state index >= 15 is 0 Å². The molecule has 9 heteroatoms. The number of nitrogens with zero attached hydrogens (tertiary/aromatic N) is 1. The fraction of sp³-hybridized carbons (Fsp3) is 0.533. The van der Waals surface area contributed by atoms with Gasteiger partial charge in [0.25, 0.3) is 5.91 Å². The Labute approximate surface area is 147 Å². The average Bonchev–Trinajstić information content (AvgIpc) is 3.08. The van der Waals surface area contributed by atoms with E-state index in [1.165, 1.54) is 10.4 Å². The van der Waals surface area contributed by atoms with Crippen molar-refractivity contribution < 1.29 is 17.9 Å². The molecule has 0 spiro atoms. The van der Waals surface area contributed by atoms with Gasteiger partial charge in [-0.1, -0.05) is 11.6 Å². The molecule has 134 valence electrons. The highest BCUT2D eigenvalue weighted by Gasteiger charge is 2.25. The van der Waals surface area contributed by atoms with Gasteiger partial charge in [0.15, 0.2) is 0 Å². The van der Waals surface area contributed by atoms with Gasteiger partial charge in [-0.05, 0) is 31.0 Å². The zero-order valence-electron chi connectivity index (χ0n) is 13.3. The fourth-order valence-corrected chi connectivity index (χ4v) is 4.06. The Morgan fingerprint density at radius 2 is 2.04 bits per heavy atom. The molecule has 2 rings (SSSR count). The van der Waals surface area contributed by atoms with Crippen LogP contribution in [0.5, 0.6) is 5.75 Å². The number of ether oxygens (including phenoxy) is 1. The van der Waals surface area contributed by atoms with Gasteiger partial charge in [-0.3, -0.25) is 4.79 Å². The van der Waals surface area contributed by atoms with E-state index in [1.54, 1.807) is 12.1 Å². The van der Waals surface area contributed by atoms with Crippen molar-refractivity contribution in [1.82, 2.24) is 9.62 Å². The third-order valence-electron chi connectivity index (χ3n) is 3.67. The van der Waals surface area contributed by atoms with Crippen molar-refractivity contribution in [2.75, 3.05) is 38.5 Å². The Balaban J connectivity index is 1.95. The molecule has 0 atom stereocenters. The van der Waals surface area contributed by atoms with E-state index in [4.69, 9.17) is 22.1 Å². The lowest BCUT2D eigenvalue weighted by atomic mass is 10.2. The number of carbonyl (C=O) groups excluding carboxylic acids is 1. The highest BCUT2D eigenvalue weighted by Crippen LogP contribution is 2.23. The van der Waals surface area contributed by atoms with Crippen LogP contribution in [-0.2, 0) is 10.0 Å². The molecule has 0 radical (unpaired) electrons. The van der Waals surface area contributed by atoms with E-state index in [1.807, 2.05) is 0 Å². The first-order chi connectivity index (χ1) is 11.4. The second kappa shape index (κ2) is 8.66. The van der Waals surface area contributed by atoms with Gasteiger partial charge in [-0.2, -0.15) is 0 Å². The Bertz CT molecular complexity index is 675. The van der Waals surface area contributed by atoms with Crippen molar-refractivity contribution in [3.8, 4) is 5.75 Å². The summed E-state index contributed by atoms with van der Waals surface area (Å²) in [6, 6.07) is 4.69. The molecule has 0 aromatic heterocycles. The molecule has 1 saturated heterocycles. The number of sulfonamides is 1. The number of carbonyl (C=O) groups is 1. The second-order valence-electron chi connectivity index (χ2n) is 5.46. The summed E-state index contributed by atoms with van der Waals surface area (Å²) in [7, 11) is -3.33. The van der Waals surface area contributed by atoms with Gasteiger partial charge >= 0.3 is 0 Å². The van der Waals surface area contributed by atoms with E-state index in [0.717, 1.165) is 12.8 Å². The predicted molar refractivity (Wildman–Crippen MR) is 92.9 cm³/mol. The summed E-state index contributed by atoms with van der Waals surface area (Å²) in [4.78, 5) is 12.3. The summed E-state index contributed by atoms with van der Waals surface area (Å²) in [5, 5.41) is 3.00. The van der Waals surface area contributed by atoms with Gasteiger partial charge in [-0.25, -0.2) is 12.7 Å². The number of hydrogen-bond acceptors (Lipinski definition) is 5. The van der Waals surface area contributed by atoms with Crippen LogP contribution in [0.15, 0.2) is 18.2 Å². The number of hydrogen-bond donors (Lipinski definition) is 2. The molecule has 24 heavy (non-hydrogen) atoms.